The van der Waals surface area contributed by atoms with Crippen LogP contribution in [0.1, 0.15) is 166 Å². The Labute approximate surface area is 349 Å². The molecular weight excluding hydrogens is 748 g/mol. The smallest absolute Gasteiger partial charge is 0.105 e. The molecule has 0 heterocycles. The van der Waals surface area contributed by atoms with Gasteiger partial charge in [-0.15, -0.1) is 0 Å². The number of aliphatic hydroxyl groups excluding tert-OH is 8. The summed E-state index contributed by atoms with van der Waals surface area (Å²) in [4.78, 5) is 0. The number of rotatable bonds is 8. The summed E-state index contributed by atoms with van der Waals surface area (Å²) in [7, 11) is 0. The second-order valence-electron chi connectivity index (χ2n) is 21.7. The topological polar surface area (TPSA) is 162 Å². The Balaban J connectivity index is -0.000000192. The molecule has 0 saturated carbocycles. The van der Waals surface area contributed by atoms with E-state index in [1.165, 1.54) is 25.7 Å². The van der Waals surface area contributed by atoms with E-state index in [4.69, 9.17) is 0 Å². The second kappa shape index (κ2) is 23.8. The van der Waals surface area contributed by atoms with Crippen LogP contribution in [0.4, 0.5) is 0 Å². The van der Waals surface area contributed by atoms with Crippen LogP contribution < -0.4 is 0 Å². The number of hydrogen-bond donors (Lipinski definition) is 8. The van der Waals surface area contributed by atoms with Crippen molar-refractivity contribution in [3.8, 4) is 0 Å². The fourth-order valence-corrected chi connectivity index (χ4v) is 2.25. The Kier molecular flexibility index (Phi) is 28.2. The largest absolute Gasteiger partial charge is 0.386 e. The number of hydrogen-bond acceptors (Lipinski definition) is 8. The summed E-state index contributed by atoms with van der Waals surface area (Å²) in [6, 6.07) is 0. The van der Waals surface area contributed by atoms with Gasteiger partial charge in [0.05, 0.1) is 0 Å². The zero-order chi connectivity index (χ0) is 43.4. The summed E-state index contributed by atoms with van der Waals surface area (Å²) in [6.45, 7) is 45.5. The summed E-state index contributed by atoms with van der Waals surface area (Å²) in [5, 5.41) is 76.8. The molecule has 12 radical (unpaired) electrons. The van der Waals surface area contributed by atoms with Gasteiger partial charge in [0.25, 0.3) is 0 Å². The normalized spacial score (nSPS) is 14.0. The molecule has 0 aromatic heterocycles. The van der Waals surface area contributed by atoms with Crippen molar-refractivity contribution >= 4 is 0 Å². The van der Waals surface area contributed by atoms with E-state index in [1.54, 1.807) is 0 Å². The second-order valence-corrected chi connectivity index (χ2v) is 21.7. The van der Waals surface area contributed by atoms with Gasteiger partial charge in [0.2, 0.25) is 0 Å². The third-order valence-electron chi connectivity index (χ3n) is 7.24. The van der Waals surface area contributed by atoms with Gasteiger partial charge in [-0.1, -0.05) is 166 Å². The Morgan fingerprint density at radius 1 is 0.208 bits per heavy atom. The maximum absolute atomic E-state index is 9.60. The first-order chi connectivity index (χ1) is 22.2. The molecule has 312 valence electrons. The summed E-state index contributed by atoms with van der Waals surface area (Å²) in [6.07, 6.45) is 7.44. The summed E-state index contributed by atoms with van der Waals surface area (Å²) in [5.41, 5.74) is -2.45. The number of aliphatic hydroxyl groups is 8. The van der Waals surface area contributed by atoms with Crippen molar-refractivity contribution in [3.63, 3.8) is 0 Å². The monoisotopic (exact) mass is 831 g/mol. The molecule has 0 spiro atoms. The van der Waals surface area contributed by atoms with Gasteiger partial charge in [-0.3, -0.25) is 0 Å². The van der Waals surface area contributed by atoms with E-state index in [9.17, 15) is 40.9 Å². The zero-order valence-electron chi connectivity index (χ0n) is 38.4. The molecule has 0 aromatic carbocycles. The first-order valence-electron chi connectivity index (χ1n) is 18.1. The average Bonchev–Trinajstić information content (AvgIpc) is 2.85. The Morgan fingerprint density at radius 3 is 0.302 bits per heavy atom. The molecule has 0 amide bonds. The van der Waals surface area contributed by atoms with Crippen LogP contribution in [0.2, 0.25) is 0 Å². The van der Waals surface area contributed by atoms with Gasteiger partial charge in [0.1, 0.15) is 48.8 Å². The predicted octanol–water partition coefficient (Wildman–Crippen LogP) is 12.4. The Hall–Kier alpha value is 0.563. The molecule has 0 bridgehead atoms. The van der Waals surface area contributed by atoms with E-state index in [0.29, 0.717) is 0 Å². The molecule has 0 atom stereocenters. The molecule has 8 N–H and O–H groups in total. The minimum Gasteiger partial charge on any atom is -0.386 e. The van der Waals surface area contributed by atoms with E-state index < -0.39 is 0 Å². The fraction of sp³-hybridized carbons (Fsp3) is 0.727. The van der Waals surface area contributed by atoms with E-state index >= 15 is 0 Å². The van der Waals surface area contributed by atoms with Gasteiger partial charge < -0.3 is 40.9 Å². The van der Waals surface area contributed by atoms with E-state index in [2.05, 4.69) is 0 Å². The third-order valence-corrected chi connectivity index (χ3v) is 7.24. The summed E-state index contributed by atoms with van der Waals surface area (Å²) in [5.74, 6) is 0. The van der Waals surface area contributed by atoms with Gasteiger partial charge in [-0.05, 0) is 43.3 Å². The van der Waals surface area contributed by atoms with E-state index in [0.717, 1.165) is 0 Å². The van der Waals surface area contributed by atoms with Crippen LogP contribution in [0.5, 0.6) is 0 Å². The standard InChI is InChI=1S/4C11H21O2.Zr/c4*1-10(2,3)8(12)7-9(13)11(4,5)6;/h4*7,12-13H,1-6H3;. The first-order valence-corrected chi connectivity index (χ1v) is 18.1. The molecule has 53 heavy (non-hydrogen) atoms. The van der Waals surface area contributed by atoms with Crippen molar-refractivity contribution in [2.45, 2.75) is 166 Å². The molecule has 0 aliphatic carbocycles. The van der Waals surface area contributed by atoms with Crippen molar-refractivity contribution in [1.29, 1.82) is 0 Å². The van der Waals surface area contributed by atoms with Crippen LogP contribution in [0.3, 0.4) is 0 Å². The van der Waals surface area contributed by atoms with Crippen LogP contribution >= 0.6 is 0 Å². The van der Waals surface area contributed by atoms with Gasteiger partial charge in [0, 0.05) is 51.9 Å². The maximum Gasteiger partial charge on any atom is 0.105 e. The fourth-order valence-electron chi connectivity index (χ4n) is 2.25. The van der Waals surface area contributed by atoms with Gasteiger partial charge in [-0.25, -0.2) is 0 Å². The molecular formula is C44H84O8Zr. The van der Waals surface area contributed by atoms with Crippen molar-refractivity contribution < 1.29 is 67.1 Å². The van der Waals surface area contributed by atoms with Crippen molar-refractivity contribution in [1.82, 2.24) is 0 Å². The van der Waals surface area contributed by atoms with Crippen LogP contribution in [0, 0.1) is 118 Å². The summed E-state index contributed by atoms with van der Waals surface area (Å²) >= 11 is 0. The molecule has 0 aromatic rings. The van der Waals surface area contributed by atoms with Crippen LogP contribution in [0.25, 0.3) is 0 Å². The molecule has 8 nitrogen and oxygen atoms in total. The molecule has 0 saturated heterocycles. The zero-order valence-corrected chi connectivity index (χ0v) is 40.8. The van der Waals surface area contributed by atoms with E-state index in [1.807, 2.05) is 166 Å². The van der Waals surface area contributed by atoms with Gasteiger partial charge in [-0.2, -0.15) is 0 Å². The molecule has 0 rings (SSSR count). The average molecular weight is 832 g/mol. The summed E-state index contributed by atoms with van der Waals surface area (Å²) < 4.78 is 0. The SMILES string of the molecule is CC(C)(C)[C](O)[CH][C](O)C(C)(C)C.CC(C)(C)[C](O)[CH][C](O)C(C)(C)C.CC(C)(C)[C](O)[CH][C](O)C(C)(C)C.CC(C)(C)[C](O)[CH][C](O)C(C)(C)C.[Zr]. The van der Waals surface area contributed by atoms with Crippen molar-refractivity contribution in [2.24, 2.45) is 43.3 Å². The Morgan fingerprint density at radius 2 is 0.264 bits per heavy atom. The molecule has 9 heteroatoms. The van der Waals surface area contributed by atoms with Crippen LogP contribution in [-0.4, -0.2) is 40.9 Å². The minimum absolute atomic E-state index is 0. The van der Waals surface area contributed by atoms with Crippen molar-refractivity contribution in [3.05, 3.63) is 74.5 Å². The minimum atomic E-state index is -0.306. The molecule has 0 aliphatic heterocycles. The van der Waals surface area contributed by atoms with Crippen molar-refractivity contribution in [2.75, 3.05) is 0 Å². The predicted molar refractivity (Wildman–Crippen MR) is 214 cm³/mol. The van der Waals surface area contributed by atoms with E-state index in [-0.39, 0.29) is 118 Å². The van der Waals surface area contributed by atoms with Gasteiger partial charge in [0.15, 0.2) is 0 Å². The van der Waals surface area contributed by atoms with Gasteiger partial charge >= 0.3 is 0 Å². The van der Waals surface area contributed by atoms with Crippen LogP contribution in [-0.2, 0) is 26.2 Å². The molecule has 0 fully saturated rings. The van der Waals surface area contributed by atoms with Crippen LogP contribution in [0.15, 0.2) is 0 Å². The first kappa shape index (κ1) is 62.8. The molecule has 0 unspecified atom stereocenters. The third kappa shape index (κ3) is 32.2. The Bertz CT molecular complexity index is 689. The molecule has 0 aliphatic rings. The maximum atomic E-state index is 9.60. The quantitative estimate of drug-likeness (QED) is 0.120.